The van der Waals surface area contributed by atoms with Crippen molar-refractivity contribution < 1.29 is 31.1 Å². The molecule has 2 atom stereocenters. The van der Waals surface area contributed by atoms with E-state index in [9.17, 15) is 31.1 Å². The number of likely N-dealkylation sites (tertiary alicyclic amines) is 1. The van der Waals surface area contributed by atoms with Gasteiger partial charge in [-0.15, -0.1) is 5.10 Å². The summed E-state index contributed by atoms with van der Waals surface area (Å²) in [5.74, 6) is -3.79. The Hall–Kier alpha value is -2.40. The number of aromatic nitrogens is 4. The molecule has 25 heavy (non-hydrogen) atoms. The van der Waals surface area contributed by atoms with Crippen molar-refractivity contribution in [3.63, 3.8) is 0 Å². The zero-order valence-electron chi connectivity index (χ0n) is 12.4. The van der Waals surface area contributed by atoms with Gasteiger partial charge in [0.25, 0.3) is 5.91 Å². The van der Waals surface area contributed by atoms with Crippen LogP contribution in [0.5, 0.6) is 0 Å². The molecule has 136 valence electrons. The van der Waals surface area contributed by atoms with E-state index in [1.807, 2.05) is 0 Å². The molecule has 1 amide bonds. The molecule has 0 unspecified atom stereocenters. The average Bonchev–Trinajstić information content (AvgIpc) is 2.99. The lowest BCUT2D eigenvalue weighted by Crippen LogP contribution is -2.59. The van der Waals surface area contributed by atoms with Crippen LogP contribution in [-0.4, -0.2) is 55.8 Å². The summed E-state index contributed by atoms with van der Waals surface area (Å²) in [6.07, 6.45) is -9.85. The summed E-state index contributed by atoms with van der Waals surface area (Å²) in [7, 11) is 0. The number of piperidine rings is 1. The Morgan fingerprint density at radius 2 is 1.88 bits per heavy atom. The SMILES string of the molecule is O=C(c1ccn2nnnc2c1)N1CCC[C@@H](C(F)(F)F)[C@H]1C(F)(F)F. The first-order valence-electron chi connectivity index (χ1n) is 7.21. The molecule has 0 N–H and O–H groups in total. The summed E-state index contributed by atoms with van der Waals surface area (Å²) < 4.78 is 80.3. The number of halogens is 6. The van der Waals surface area contributed by atoms with Crippen LogP contribution in [0.4, 0.5) is 26.3 Å². The molecule has 12 heteroatoms. The Kier molecular flexibility index (Phi) is 4.07. The molecule has 0 bridgehead atoms. The average molecular weight is 367 g/mol. The monoisotopic (exact) mass is 367 g/mol. The number of nitrogens with zero attached hydrogens (tertiary/aromatic N) is 5. The maximum atomic E-state index is 13.3. The molecule has 3 rings (SSSR count). The van der Waals surface area contributed by atoms with Crippen molar-refractivity contribution in [3.8, 4) is 0 Å². The summed E-state index contributed by atoms with van der Waals surface area (Å²) in [5, 5.41) is 10.4. The lowest BCUT2D eigenvalue weighted by Gasteiger charge is -2.42. The minimum atomic E-state index is -5.20. The van der Waals surface area contributed by atoms with Crippen LogP contribution in [-0.2, 0) is 0 Å². The molecule has 3 heterocycles. The third kappa shape index (κ3) is 3.24. The second kappa shape index (κ2) is 5.85. The second-order valence-corrected chi connectivity index (χ2v) is 5.67. The van der Waals surface area contributed by atoms with Crippen LogP contribution in [0, 0.1) is 5.92 Å². The zero-order chi connectivity index (χ0) is 18.4. The van der Waals surface area contributed by atoms with Gasteiger partial charge in [0.05, 0.1) is 5.92 Å². The molecular weight excluding hydrogens is 356 g/mol. The Morgan fingerprint density at radius 1 is 1.16 bits per heavy atom. The number of tetrazole rings is 1. The van der Waals surface area contributed by atoms with Crippen LogP contribution >= 0.6 is 0 Å². The third-order valence-corrected chi connectivity index (χ3v) is 4.09. The number of fused-ring (bicyclic) bond motifs is 1. The van der Waals surface area contributed by atoms with Gasteiger partial charge in [-0.2, -0.15) is 26.3 Å². The van der Waals surface area contributed by atoms with E-state index in [2.05, 4.69) is 15.5 Å². The predicted molar refractivity (Wildman–Crippen MR) is 70.4 cm³/mol. The number of rotatable bonds is 1. The van der Waals surface area contributed by atoms with Crippen molar-refractivity contribution in [3.05, 3.63) is 23.9 Å². The van der Waals surface area contributed by atoms with Crippen molar-refractivity contribution in [1.29, 1.82) is 0 Å². The fourth-order valence-corrected chi connectivity index (χ4v) is 3.01. The first-order chi connectivity index (χ1) is 11.6. The fourth-order valence-electron chi connectivity index (χ4n) is 3.01. The fraction of sp³-hybridized carbons (Fsp3) is 0.538. The first kappa shape index (κ1) is 17.4. The summed E-state index contributed by atoms with van der Waals surface area (Å²) in [6, 6.07) is -0.621. The highest BCUT2D eigenvalue weighted by Crippen LogP contribution is 2.44. The Morgan fingerprint density at radius 3 is 2.52 bits per heavy atom. The van der Waals surface area contributed by atoms with E-state index < -0.39 is 43.2 Å². The van der Waals surface area contributed by atoms with Crippen molar-refractivity contribution >= 4 is 11.6 Å². The van der Waals surface area contributed by atoms with Crippen LogP contribution < -0.4 is 0 Å². The molecule has 1 fully saturated rings. The van der Waals surface area contributed by atoms with Gasteiger partial charge in [-0.25, -0.2) is 4.52 Å². The zero-order valence-corrected chi connectivity index (χ0v) is 12.4. The van der Waals surface area contributed by atoms with E-state index in [4.69, 9.17) is 0 Å². The van der Waals surface area contributed by atoms with Crippen LogP contribution in [0.2, 0.25) is 0 Å². The maximum Gasteiger partial charge on any atom is 0.409 e. The van der Waals surface area contributed by atoms with Gasteiger partial charge in [0.15, 0.2) is 5.65 Å². The van der Waals surface area contributed by atoms with E-state index in [-0.39, 0.29) is 22.5 Å². The van der Waals surface area contributed by atoms with Gasteiger partial charge >= 0.3 is 12.4 Å². The summed E-state index contributed by atoms with van der Waals surface area (Å²) >= 11 is 0. The summed E-state index contributed by atoms with van der Waals surface area (Å²) in [6.45, 7) is -0.411. The van der Waals surface area contributed by atoms with Crippen LogP contribution in [0.1, 0.15) is 23.2 Å². The van der Waals surface area contributed by atoms with Crippen molar-refractivity contribution in [1.82, 2.24) is 24.9 Å². The minimum Gasteiger partial charge on any atom is -0.326 e. The maximum absolute atomic E-state index is 13.3. The van der Waals surface area contributed by atoms with Crippen molar-refractivity contribution in [2.45, 2.75) is 31.2 Å². The standard InChI is InChI=1S/C13H11F6N5O/c14-12(15,16)8-2-1-4-23(10(8)13(17,18)19)11(25)7-3-5-24-9(6-7)20-21-22-24/h3,5-6,8,10H,1-2,4H2/t8-,10+/m1/s1. The highest BCUT2D eigenvalue weighted by atomic mass is 19.4. The third-order valence-electron chi connectivity index (χ3n) is 4.09. The van der Waals surface area contributed by atoms with E-state index in [0.29, 0.717) is 0 Å². The smallest absolute Gasteiger partial charge is 0.326 e. The molecule has 1 aliphatic heterocycles. The lowest BCUT2D eigenvalue weighted by atomic mass is 9.87. The Balaban J connectivity index is 1.98. The number of alkyl halides is 6. The van der Waals surface area contributed by atoms with E-state index in [0.717, 1.165) is 12.1 Å². The van der Waals surface area contributed by atoms with Gasteiger partial charge in [-0.1, -0.05) is 0 Å². The molecule has 1 aliphatic rings. The van der Waals surface area contributed by atoms with Crippen LogP contribution in [0.25, 0.3) is 5.65 Å². The van der Waals surface area contributed by atoms with E-state index in [1.165, 1.54) is 10.7 Å². The van der Waals surface area contributed by atoms with E-state index in [1.54, 1.807) is 0 Å². The largest absolute Gasteiger partial charge is 0.409 e. The molecule has 1 saturated heterocycles. The summed E-state index contributed by atoms with van der Waals surface area (Å²) in [5.41, 5.74) is -0.113. The number of amides is 1. The summed E-state index contributed by atoms with van der Waals surface area (Å²) in [4.78, 5) is 12.7. The van der Waals surface area contributed by atoms with Gasteiger partial charge < -0.3 is 4.90 Å². The number of carbonyl (C=O) groups is 1. The molecule has 0 saturated carbocycles. The van der Waals surface area contributed by atoms with Crippen LogP contribution in [0.15, 0.2) is 18.3 Å². The van der Waals surface area contributed by atoms with Crippen molar-refractivity contribution in [2.24, 2.45) is 5.92 Å². The minimum absolute atomic E-state index is 0.0961. The predicted octanol–water partition coefficient (Wildman–Crippen LogP) is 2.47. The first-order valence-corrected chi connectivity index (χ1v) is 7.21. The van der Waals surface area contributed by atoms with Gasteiger partial charge in [0.2, 0.25) is 0 Å². The lowest BCUT2D eigenvalue weighted by molar-refractivity contribution is -0.260. The normalized spacial score (nSPS) is 22.4. The van der Waals surface area contributed by atoms with Crippen molar-refractivity contribution in [2.75, 3.05) is 6.54 Å². The Labute approximate surface area is 136 Å². The van der Waals surface area contributed by atoms with E-state index >= 15 is 0 Å². The number of carbonyl (C=O) groups excluding carboxylic acids is 1. The van der Waals surface area contributed by atoms with Gasteiger partial charge in [-0.3, -0.25) is 4.79 Å². The molecule has 0 aromatic carbocycles. The highest BCUT2D eigenvalue weighted by molar-refractivity contribution is 5.95. The number of pyridine rings is 1. The number of hydrogen-bond acceptors (Lipinski definition) is 4. The van der Waals surface area contributed by atoms with Gasteiger partial charge in [0.1, 0.15) is 6.04 Å². The molecule has 0 aliphatic carbocycles. The van der Waals surface area contributed by atoms with Crippen LogP contribution in [0.3, 0.4) is 0 Å². The quantitative estimate of drug-likeness (QED) is 0.727. The topological polar surface area (TPSA) is 63.4 Å². The highest BCUT2D eigenvalue weighted by Gasteiger charge is 2.59. The second-order valence-electron chi connectivity index (χ2n) is 5.67. The Bertz CT molecular complexity index is 785. The molecular formula is C13H11F6N5O. The number of hydrogen-bond donors (Lipinski definition) is 0. The van der Waals surface area contributed by atoms with Gasteiger partial charge in [0, 0.05) is 18.3 Å². The van der Waals surface area contributed by atoms with Gasteiger partial charge in [-0.05, 0) is 35.4 Å². The molecule has 6 nitrogen and oxygen atoms in total. The molecule has 2 aromatic heterocycles. The molecule has 0 spiro atoms. The molecule has 0 radical (unpaired) electrons. The molecule has 2 aromatic rings.